The molecule has 1 aliphatic rings. The maximum atomic E-state index is 11.1. The highest BCUT2D eigenvalue weighted by molar-refractivity contribution is 7.99. The highest BCUT2D eigenvalue weighted by Gasteiger charge is 2.09. The lowest BCUT2D eigenvalue weighted by molar-refractivity contribution is -0.120. The van der Waals surface area contributed by atoms with E-state index in [0.717, 1.165) is 26.2 Å². The second-order valence-corrected chi connectivity index (χ2v) is 4.56. The van der Waals surface area contributed by atoms with E-state index < -0.39 is 0 Å². The number of nitrogens with one attached hydrogen (secondary N) is 2. The lowest BCUT2D eigenvalue weighted by Crippen LogP contribution is -2.41. The normalized spacial score (nSPS) is 15.8. The Hall–Kier alpha value is 0.320. The molecule has 0 aliphatic carbocycles. The van der Waals surface area contributed by atoms with Crippen LogP contribution in [0.2, 0.25) is 0 Å². The molecular weight excluding hydrogens is 269 g/mol. The van der Waals surface area contributed by atoms with Crippen LogP contribution < -0.4 is 10.6 Å². The zero-order chi connectivity index (χ0) is 10.2. The Morgan fingerprint density at radius 3 is 2.50 bits per heavy atom. The smallest absolute Gasteiger partial charge is 0.233 e. The maximum absolute atomic E-state index is 11.1. The van der Waals surface area contributed by atoms with Crippen molar-refractivity contribution in [2.75, 3.05) is 51.3 Å². The summed E-state index contributed by atoms with van der Waals surface area (Å²) in [5, 5.41) is 5.71. The van der Waals surface area contributed by atoms with Crippen LogP contribution in [0.4, 0.5) is 0 Å². The SMILES string of the molecule is CNCC(=O)NCCN1CCSCC1.Cl.Cl. The van der Waals surface area contributed by atoms with Crippen molar-refractivity contribution in [3.05, 3.63) is 0 Å². The van der Waals surface area contributed by atoms with Crippen molar-refractivity contribution in [3.63, 3.8) is 0 Å². The zero-order valence-electron chi connectivity index (χ0n) is 9.53. The molecule has 2 N–H and O–H groups in total. The molecule has 16 heavy (non-hydrogen) atoms. The molecule has 0 atom stereocenters. The highest BCUT2D eigenvalue weighted by Crippen LogP contribution is 2.07. The number of rotatable bonds is 5. The largest absolute Gasteiger partial charge is 0.354 e. The van der Waals surface area contributed by atoms with Crippen LogP contribution in [0.3, 0.4) is 0 Å². The minimum Gasteiger partial charge on any atom is -0.354 e. The summed E-state index contributed by atoms with van der Waals surface area (Å²) in [7, 11) is 1.78. The number of hydrogen-bond donors (Lipinski definition) is 2. The minimum absolute atomic E-state index is 0. The van der Waals surface area contributed by atoms with Crippen LogP contribution in [-0.2, 0) is 4.79 Å². The summed E-state index contributed by atoms with van der Waals surface area (Å²) in [6, 6.07) is 0. The highest BCUT2D eigenvalue weighted by atomic mass is 35.5. The van der Waals surface area contributed by atoms with E-state index in [0.29, 0.717) is 6.54 Å². The molecule has 1 amide bonds. The number of halogens is 2. The van der Waals surface area contributed by atoms with Gasteiger partial charge in [0, 0.05) is 37.7 Å². The van der Waals surface area contributed by atoms with Gasteiger partial charge in [-0.3, -0.25) is 9.69 Å². The standard InChI is InChI=1S/C9H19N3OS.2ClH/c1-10-8-9(13)11-2-3-12-4-6-14-7-5-12;;/h10H,2-8H2,1H3,(H,11,13);2*1H. The molecule has 0 spiro atoms. The third-order valence-electron chi connectivity index (χ3n) is 2.19. The monoisotopic (exact) mass is 289 g/mol. The fraction of sp³-hybridized carbons (Fsp3) is 0.889. The van der Waals surface area contributed by atoms with Crippen molar-refractivity contribution in [3.8, 4) is 0 Å². The van der Waals surface area contributed by atoms with Crippen molar-refractivity contribution >= 4 is 42.5 Å². The van der Waals surface area contributed by atoms with E-state index in [1.54, 1.807) is 7.05 Å². The molecule has 98 valence electrons. The molecule has 1 heterocycles. The van der Waals surface area contributed by atoms with Gasteiger partial charge in [-0.15, -0.1) is 24.8 Å². The summed E-state index contributed by atoms with van der Waals surface area (Å²) in [5.74, 6) is 2.54. The minimum atomic E-state index is 0. The predicted octanol–water partition coefficient (Wildman–Crippen LogP) is 0.214. The average molecular weight is 290 g/mol. The van der Waals surface area contributed by atoms with Gasteiger partial charge in [0.05, 0.1) is 6.54 Å². The number of likely N-dealkylation sites (N-methyl/N-ethyl adjacent to an activating group) is 1. The van der Waals surface area contributed by atoms with Crippen LogP contribution in [0, 0.1) is 0 Å². The van der Waals surface area contributed by atoms with E-state index in [2.05, 4.69) is 15.5 Å². The molecule has 0 aromatic rings. The van der Waals surface area contributed by atoms with Gasteiger partial charge >= 0.3 is 0 Å². The van der Waals surface area contributed by atoms with Crippen LogP contribution in [0.15, 0.2) is 0 Å². The fourth-order valence-corrected chi connectivity index (χ4v) is 2.38. The molecule has 1 saturated heterocycles. The molecule has 7 heteroatoms. The van der Waals surface area contributed by atoms with E-state index >= 15 is 0 Å². The lowest BCUT2D eigenvalue weighted by atomic mass is 10.4. The van der Waals surface area contributed by atoms with E-state index in [9.17, 15) is 4.79 Å². The summed E-state index contributed by atoms with van der Waals surface area (Å²) >= 11 is 2.01. The summed E-state index contributed by atoms with van der Waals surface area (Å²) in [6.45, 7) is 4.48. The van der Waals surface area contributed by atoms with Crippen molar-refractivity contribution in [2.24, 2.45) is 0 Å². The summed E-state index contributed by atoms with van der Waals surface area (Å²) < 4.78 is 0. The van der Waals surface area contributed by atoms with Crippen LogP contribution in [0.25, 0.3) is 0 Å². The first-order valence-corrected chi connectivity index (χ1v) is 6.20. The maximum Gasteiger partial charge on any atom is 0.233 e. The van der Waals surface area contributed by atoms with Gasteiger partial charge in [-0.05, 0) is 7.05 Å². The van der Waals surface area contributed by atoms with Gasteiger partial charge in [0.25, 0.3) is 0 Å². The van der Waals surface area contributed by atoms with Crippen LogP contribution in [0.1, 0.15) is 0 Å². The molecule has 0 aromatic carbocycles. The fourth-order valence-electron chi connectivity index (χ4n) is 1.40. The quantitative estimate of drug-likeness (QED) is 0.760. The molecular formula is C9H21Cl2N3OS. The van der Waals surface area contributed by atoms with Crippen molar-refractivity contribution in [2.45, 2.75) is 0 Å². The van der Waals surface area contributed by atoms with Crippen LogP contribution >= 0.6 is 36.6 Å². The van der Waals surface area contributed by atoms with E-state index in [1.807, 2.05) is 11.8 Å². The van der Waals surface area contributed by atoms with Crippen molar-refractivity contribution < 1.29 is 4.79 Å². The van der Waals surface area contributed by atoms with Gasteiger partial charge in [-0.25, -0.2) is 0 Å². The molecule has 4 nitrogen and oxygen atoms in total. The number of carbonyl (C=O) groups is 1. The Kier molecular flexibility index (Phi) is 13.8. The Morgan fingerprint density at radius 1 is 1.31 bits per heavy atom. The summed E-state index contributed by atoms with van der Waals surface area (Å²) in [5.41, 5.74) is 0. The molecule has 0 bridgehead atoms. The Labute approximate surface area is 114 Å². The number of thioether (sulfide) groups is 1. The van der Waals surface area contributed by atoms with Gasteiger partial charge < -0.3 is 10.6 Å². The van der Waals surface area contributed by atoms with E-state index in [4.69, 9.17) is 0 Å². The average Bonchev–Trinajstić information content (AvgIpc) is 2.20. The Bertz CT molecular complexity index is 180. The van der Waals surface area contributed by atoms with Gasteiger partial charge in [-0.1, -0.05) is 0 Å². The molecule has 1 fully saturated rings. The zero-order valence-corrected chi connectivity index (χ0v) is 12.0. The Morgan fingerprint density at radius 2 is 1.94 bits per heavy atom. The Balaban J connectivity index is 0. The molecule has 1 rings (SSSR count). The third kappa shape index (κ3) is 8.47. The van der Waals surface area contributed by atoms with E-state index in [-0.39, 0.29) is 30.7 Å². The van der Waals surface area contributed by atoms with Crippen molar-refractivity contribution in [1.29, 1.82) is 0 Å². The molecule has 0 radical (unpaired) electrons. The number of amides is 1. The second kappa shape index (κ2) is 11.8. The molecule has 0 aromatic heterocycles. The van der Waals surface area contributed by atoms with Crippen molar-refractivity contribution in [1.82, 2.24) is 15.5 Å². The third-order valence-corrected chi connectivity index (χ3v) is 3.13. The topological polar surface area (TPSA) is 44.4 Å². The first-order valence-electron chi connectivity index (χ1n) is 5.04. The van der Waals surface area contributed by atoms with Gasteiger partial charge in [0.15, 0.2) is 0 Å². The predicted molar refractivity (Wildman–Crippen MR) is 75.2 cm³/mol. The van der Waals surface area contributed by atoms with E-state index in [1.165, 1.54) is 11.5 Å². The van der Waals surface area contributed by atoms with Crippen LogP contribution in [0.5, 0.6) is 0 Å². The second-order valence-electron chi connectivity index (χ2n) is 3.33. The molecule has 0 unspecified atom stereocenters. The first kappa shape index (κ1) is 18.7. The molecule has 1 aliphatic heterocycles. The number of hydrogen-bond acceptors (Lipinski definition) is 4. The first-order chi connectivity index (χ1) is 6.83. The van der Waals surface area contributed by atoms with Gasteiger partial charge in [-0.2, -0.15) is 11.8 Å². The lowest BCUT2D eigenvalue weighted by Gasteiger charge is -2.25. The van der Waals surface area contributed by atoms with Gasteiger partial charge in [0.2, 0.25) is 5.91 Å². The van der Waals surface area contributed by atoms with Crippen LogP contribution in [-0.4, -0.2) is 62.1 Å². The summed E-state index contributed by atoms with van der Waals surface area (Å²) in [6.07, 6.45) is 0. The number of nitrogens with zero attached hydrogens (tertiary/aromatic N) is 1. The summed E-state index contributed by atoms with van der Waals surface area (Å²) in [4.78, 5) is 13.5. The number of carbonyl (C=O) groups excluding carboxylic acids is 1. The van der Waals surface area contributed by atoms with Gasteiger partial charge in [0.1, 0.15) is 0 Å². The molecule has 0 saturated carbocycles.